The fraction of sp³-hybridized carbons (Fsp3) is 0.595. The first-order chi connectivity index (χ1) is 23.9. The third-order valence-corrected chi connectivity index (χ3v) is 9.35. The summed E-state index contributed by atoms with van der Waals surface area (Å²) in [7, 11) is 0. The molecule has 2 aromatic rings. The average molecular weight is 691 g/mol. The van der Waals surface area contributed by atoms with Crippen LogP contribution in [0.2, 0.25) is 0 Å². The Morgan fingerprint density at radius 1 is 0.640 bits per heavy atom. The zero-order chi connectivity index (χ0) is 37.1. The van der Waals surface area contributed by atoms with Crippen molar-refractivity contribution in [1.82, 2.24) is 10.6 Å². The van der Waals surface area contributed by atoms with Gasteiger partial charge in [0.1, 0.15) is 6.04 Å². The molecule has 0 spiro atoms. The molecule has 0 saturated heterocycles. The molecular formula is C42H62N2O6. The van der Waals surface area contributed by atoms with Gasteiger partial charge in [-0.3, -0.25) is 19.2 Å². The molecule has 4 atom stereocenters. The number of carbonyl (C=O) groups is 5. The van der Waals surface area contributed by atoms with Gasteiger partial charge in [0.15, 0.2) is 11.6 Å². The van der Waals surface area contributed by atoms with Gasteiger partial charge in [-0.25, -0.2) is 4.79 Å². The highest BCUT2D eigenvalue weighted by atomic mass is 16.4. The molecule has 0 unspecified atom stereocenters. The van der Waals surface area contributed by atoms with Crippen molar-refractivity contribution in [3.8, 4) is 11.1 Å². The number of carbonyl (C=O) groups excluding carboxylic acids is 4. The topological polar surface area (TPSA) is 130 Å². The van der Waals surface area contributed by atoms with Crippen molar-refractivity contribution < 1.29 is 29.1 Å². The molecule has 0 radical (unpaired) electrons. The highest BCUT2D eigenvalue weighted by molar-refractivity contribution is 6.00. The van der Waals surface area contributed by atoms with Crippen LogP contribution in [0.25, 0.3) is 11.1 Å². The van der Waals surface area contributed by atoms with Gasteiger partial charge in [0.2, 0.25) is 11.8 Å². The van der Waals surface area contributed by atoms with Crippen molar-refractivity contribution in [2.24, 2.45) is 17.8 Å². The summed E-state index contributed by atoms with van der Waals surface area (Å²) in [5.41, 5.74) is 3.98. The minimum absolute atomic E-state index is 0.0438. The van der Waals surface area contributed by atoms with Gasteiger partial charge in [-0.1, -0.05) is 135 Å². The third kappa shape index (κ3) is 15.0. The van der Waals surface area contributed by atoms with Crippen LogP contribution in [-0.4, -0.2) is 46.5 Å². The number of aryl methyl sites for hydroxylation is 1. The van der Waals surface area contributed by atoms with E-state index in [0.717, 1.165) is 68.9 Å². The number of aliphatic carboxylic acids is 1. The van der Waals surface area contributed by atoms with Crippen molar-refractivity contribution in [2.75, 3.05) is 0 Å². The van der Waals surface area contributed by atoms with E-state index in [9.17, 15) is 29.1 Å². The molecule has 2 amide bonds. The lowest BCUT2D eigenvalue weighted by Crippen LogP contribution is -2.47. The first-order valence-electron chi connectivity index (χ1n) is 19.0. The van der Waals surface area contributed by atoms with Crippen LogP contribution < -0.4 is 10.6 Å². The standard InChI is InChI=1S/C42H62N2O6/c1-7-10-13-16-35(28-38(45)34-24-22-33(23-25-34)32-20-18-31(19-21-32)15-12-9-3)41(48)43-36(17-14-11-8-2)39(46)27-30(6)40(47)44-37(42(49)50)26-29(4)5/h18-25,29-30,35-37H,7-17,26-28H2,1-6H3,(H,43,48)(H,44,47)(H,49,50)/t30-,35-,36+,37+/m1/s1. The van der Waals surface area contributed by atoms with Crippen LogP contribution in [-0.2, 0) is 25.6 Å². The van der Waals surface area contributed by atoms with E-state index in [-0.39, 0.29) is 42.7 Å². The number of unbranched alkanes of at least 4 members (excludes halogenated alkanes) is 5. The Balaban J connectivity index is 2.15. The van der Waals surface area contributed by atoms with Crippen molar-refractivity contribution in [2.45, 2.75) is 144 Å². The molecule has 0 fully saturated rings. The van der Waals surface area contributed by atoms with E-state index in [1.807, 2.05) is 38.1 Å². The minimum Gasteiger partial charge on any atom is -0.480 e. The largest absolute Gasteiger partial charge is 0.480 e. The van der Waals surface area contributed by atoms with Crippen LogP contribution in [0.1, 0.15) is 141 Å². The summed E-state index contributed by atoms with van der Waals surface area (Å²) in [5.74, 6) is -3.57. The van der Waals surface area contributed by atoms with Crippen molar-refractivity contribution in [3.05, 3.63) is 59.7 Å². The monoisotopic (exact) mass is 690 g/mol. The molecule has 2 rings (SSSR count). The highest BCUT2D eigenvalue weighted by Gasteiger charge is 2.30. The number of carboxylic acids is 1. The molecule has 2 aromatic carbocycles. The summed E-state index contributed by atoms with van der Waals surface area (Å²) in [6, 6.07) is 14.3. The van der Waals surface area contributed by atoms with Gasteiger partial charge < -0.3 is 15.7 Å². The minimum atomic E-state index is -1.11. The molecule has 0 aliphatic rings. The second-order valence-electron chi connectivity index (χ2n) is 14.4. The first kappa shape index (κ1) is 42.4. The molecule has 0 aromatic heterocycles. The number of hydrogen-bond donors (Lipinski definition) is 3. The Morgan fingerprint density at radius 2 is 1.18 bits per heavy atom. The summed E-state index contributed by atoms with van der Waals surface area (Å²) in [6.07, 6.45) is 9.84. The smallest absolute Gasteiger partial charge is 0.326 e. The Hall–Kier alpha value is -3.81. The van der Waals surface area contributed by atoms with Crippen LogP contribution in [0, 0.1) is 17.8 Å². The molecule has 0 heterocycles. The van der Waals surface area contributed by atoms with Gasteiger partial charge >= 0.3 is 5.97 Å². The lowest BCUT2D eigenvalue weighted by atomic mass is 9.90. The molecular weight excluding hydrogens is 628 g/mol. The van der Waals surface area contributed by atoms with Crippen molar-refractivity contribution in [1.29, 1.82) is 0 Å². The van der Waals surface area contributed by atoms with Crippen molar-refractivity contribution in [3.63, 3.8) is 0 Å². The predicted molar refractivity (Wildman–Crippen MR) is 201 cm³/mol. The zero-order valence-electron chi connectivity index (χ0n) is 31.4. The molecule has 3 N–H and O–H groups in total. The number of ketones is 2. The molecule has 0 aliphatic carbocycles. The van der Waals surface area contributed by atoms with Gasteiger partial charge in [-0.05, 0) is 54.7 Å². The average Bonchev–Trinajstić information content (AvgIpc) is 3.09. The fourth-order valence-electron chi connectivity index (χ4n) is 6.15. The quantitative estimate of drug-likeness (QED) is 0.0706. The van der Waals surface area contributed by atoms with E-state index in [2.05, 4.69) is 55.7 Å². The molecule has 8 heteroatoms. The number of Topliss-reactive ketones (excluding diaryl/α,β-unsaturated/α-hetero) is 2. The number of benzene rings is 2. The summed E-state index contributed by atoms with van der Waals surface area (Å²) < 4.78 is 0. The first-order valence-corrected chi connectivity index (χ1v) is 19.0. The van der Waals surface area contributed by atoms with Crippen LogP contribution in [0.15, 0.2) is 48.5 Å². The van der Waals surface area contributed by atoms with E-state index in [0.29, 0.717) is 18.4 Å². The SMILES string of the molecule is CCCCC[C@H](CC(=O)c1ccc(-c2ccc(CCCC)cc2)cc1)C(=O)N[C@@H](CCCCC)C(=O)C[C@@H](C)C(=O)N[C@@H](CC(C)C)C(=O)O. The number of rotatable bonds is 25. The number of amides is 2. The highest BCUT2D eigenvalue weighted by Crippen LogP contribution is 2.24. The van der Waals surface area contributed by atoms with Crippen LogP contribution in [0.3, 0.4) is 0 Å². The Labute approximate surface area is 300 Å². The summed E-state index contributed by atoms with van der Waals surface area (Å²) in [4.78, 5) is 65.4. The van der Waals surface area contributed by atoms with E-state index in [4.69, 9.17) is 0 Å². The maximum Gasteiger partial charge on any atom is 0.326 e. The molecule has 0 aliphatic heterocycles. The number of hydrogen-bond acceptors (Lipinski definition) is 5. The summed E-state index contributed by atoms with van der Waals surface area (Å²) in [5, 5.41) is 15.1. The second-order valence-corrected chi connectivity index (χ2v) is 14.4. The fourth-order valence-corrected chi connectivity index (χ4v) is 6.15. The van der Waals surface area contributed by atoms with Crippen LogP contribution in [0.4, 0.5) is 0 Å². The second kappa shape index (κ2) is 22.8. The Morgan fingerprint density at radius 3 is 1.72 bits per heavy atom. The van der Waals surface area contributed by atoms with Crippen LogP contribution in [0.5, 0.6) is 0 Å². The van der Waals surface area contributed by atoms with Gasteiger partial charge in [-0.15, -0.1) is 0 Å². The lowest BCUT2D eigenvalue weighted by Gasteiger charge is -2.24. The van der Waals surface area contributed by atoms with E-state index < -0.39 is 35.8 Å². The van der Waals surface area contributed by atoms with Gasteiger partial charge in [0.05, 0.1) is 6.04 Å². The van der Waals surface area contributed by atoms with Gasteiger partial charge in [-0.2, -0.15) is 0 Å². The number of nitrogens with one attached hydrogen (secondary N) is 2. The normalized spacial score (nSPS) is 13.7. The molecule has 50 heavy (non-hydrogen) atoms. The van der Waals surface area contributed by atoms with E-state index in [1.165, 1.54) is 5.56 Å². The Kier molecular flexibility index (Phi) is 19.3. The molecule has 8 nitrogen and oxygen atoms in total. The molecule has 0 saturated carbocycles. The summed E-state index contributed by atoms with van der Waals surface area (Å²) >= 11 is 0. The maximum absolute atomic E-state index is 13.8. The lowest BCUT2D eigenvalue weighted by molar-refractivity contribution is -0.143. The zero-order valence-corrected chi connectivity index (χ0v) is 31.4. The number of carboxylic acid groups (broad SMARTS) is 1. The summed E-state index contributed by atoms with van der Waals surface area (Å²) in [6.45, 7) is 11.7. The third-order valence-electron chi connectivity index (χ3n) is 9.35. The van der Waals surface area contributed by atoms with E-state index in [1.54, 1.807) is 6.92 Å². The molecule has 0 bridgehead atoms. The maximum atomic E-state index is 13.8. The van der Waals surface area contributed by atoms with E-state index >= 15 is 0 Å². The Bertz CT molecular complexity index is 1350. The predicted octanol–water partition coefficient (Wildman–Crippen LogP) is 8.74. The van der Waals surface area contributed by atoms with Crippen molar-refractivity contribution >= 4 is 29.4 Å². The van der Waals surface area contributed by atoms with Gasteiger partial charge in [0.25, 0.3) is 0 Å². The molecule has 276 valence electrons. The van der Waals surface area contributed by atoms with Crippen LogP contribution >= 0.6 is 0 Å². The van der Waals surface area contributed by atoms with Gasteiger partial charge in [0, 0.05) is 30.2 Å².